The van der Waals surface area contributed by atoms with Crippen LogP contribution >= 0.6 is 0 Å². The van der Waals surface area contributed by atoms with E-state index in [9.17, 15) is 5.11 Å². The van der Waals surface area contributed by atoms with Gasteiger partial charge in [-0.1, -0.05) is 24.3 Å². The second-order valence-corrected chi connectivity index (χ2v) is 3.41. The molecule has 0 spiro atoms. The third-order valence-corrected chi connectivity index (χ3v) is 2.50. The van der Waals surface area contributed by atoms with Gasteiger partial charge in [0.05, 0.1) is 6.10 Å². The summed E-state index contributed by atoms with van der Waals surface area (Å²) in [6, 6.07) is 8.08. The van der Waals surface area contributed by atoms with Gasteiger partial charge in [0.1, 0.15) is 0 Å². The Morgan fingerprint density at radius 1 is 1.17 bits per heavy atom. The fraction of sp³-hybridized carbons (Fsp3) is 0.400. The minimum Gasteiger partial charge on any atom is -0.391 e. The summed E-state index contributed by atoms with van der Waals surface area (Å²) >= 11 is 0. The SMILES string of the molecule is N[C@H]1Cc2ccccc2C[C@H]1O. The van der Waals surface area contributed by atoms with E-state index in [0.29, 0.717) is 6.42 Å². The first-order chi connectivity index (χ1) is 5.77. The number of nitrogens with two attached hydrogens (primary N) is 1. The van der Waals surface area contributed by atoms with Crippen molar-refractivity contribution in [1.82, 2.24) is 0 Å². The summed E-state index contributed by atoms with van der Waals surface area (Å²) in [5, 5.41) is 9.50. The fourth-order valence-corrected chi connectivity index (χ4v) is 1.72. The molecule has 0 heterocycles. The molecular weight excluding hydrogens is 150 g/mol. The van der Waals surface area contributed by atoms with E-state index in [0.717, 1.165) is 6.42 Å². The zero-order valence-corrected chi connectivity index (χ0v) is 6.90. The second kappa shape index (κ2) is 2.88. The molecule has 3 N–H and O–H groups in total. The van der Waals surface area contributed by atoms with Crippen LogP contribution in [0.3, 0.4) is 0 Å². The van der Waals surface area contributed by atoms with E-state index in [-0.39, 0.29) is 12.1 Å². The van der Waals surface area contributed by atoms with Gasteiger partial charge in [0.25, 0.3) is 0 Å². The lowest BCUT2D eigenvalue weighted by Gasteiger charge is -2.26. The Hall–Kier alpha value is -0.860. The van der Waals surface area contributed by atoms with Crippen molar-refractivity contribution in [1.29, 1.82) is 0 Å². The van der Waals surface area contributed by atoms with E-state index in [4.69, 9.17) is 5.73 Å². The molecule has 1 aliphatic rings. The standard InChI is InChI=1S/C10H13NO/c11-9-5-7-3-1-2-4-8(7)6-10(9)12/h1-4,9-10,12H,5-6,11H2/t9-,10+/m0/s1. The topological polar surface area (TPSA) is 46.2 Å². The highest BCUT2D eigenvalue weighted by molar-refractivity contribution is 5.31. The molecule has 0 unspecified atom stereocenters. The molecule has 0 aliphatic heterocycles. The number of hydrogen-bond donors (Lipinski definition) is 2. The predicted octanol–water partition coefficient (Wildman–Crippen LogP) is 0.473. The van der Waals surface area contributed by atoms with Crippen LogP contribution in [0.15, 0.2) is 24.3 Å². The van der Waals surface area contributed by atoms with Gasteiger partial charge in [-0.15, -0.1) is 0 Å². The molecule has 0 fully saturated rings. The largest absolute Gasteiger partial charge is 0.391 e. The van der Waals surface area contributed by atoms with Crippen LogP contribution in [-0.4, -0.2) is 17.3 Å². The quantitative estimate of drug-likeness (QED) is 0.584. The third kappa shape index (κ3) is 1.24. The predicted molar refractivity (Wildman–Crippen MR) is 47.8 cm³/mol. The van der Waals surface area contributed by atoms with Gasteiger partial charge >= 0.3 is 0 Å². The molecule has 64 valence electrons. The maximum atomic E-state index is 9.50. The van der Waals surface area contributed by atoms with Crippen LogP contribution in [0.5, 0.6) is 0 Å². The number of hydrogen-bond acceptors (Lipinski definition) is 2. The lowest BCUT2D eigenvalue weighted by atomic mass is 9.87. The Morgan fingerprint density at radius 2 is 1.75 bits per heavy atom. The van der Waals surface area contributed by atoms with Crippen molar-refractivity contribution in [2.45, 2.75) is 25.0 Å². The Labute approximate surface area is 72.0 Å². The van der Waals surface area contributed by atoms with E-state index in [1.165, 1.54) is 11.1 Å². The molecule has 1 aliphatic carbocycles. The minimum atomic E-state index is -0.361. The first-order valence-corrected chi connectivity index (χ1v) is 4.28. The maximum absolute atomic E-state index is 9.50. The molecule has 0 aromatic heterocycles. The monoisotopic (exact) mass is 163 g/mol. The Kier molecular flexibility index (Phi) is 1.87. The highest BCUT2D eigenvalue weighted by Crippen LogP contribution is 2.20. The van der Waals surface area contributed by atoms with Gasteiger partial charge in [0, 0.05) is 12.5 Å². The normalized spacial score (nSPS) is 28.2. The van der Waals surface area contributed by atoms with Gasteiger partial charge in [-0.3, -0.25) is 0 Å². The van der Waals surface area contributed by atoms with Crippen LogP contribution in [0, 0.1) is 0 Å². The van der Waals surface area contributed by atoms with Crippen LogP contribution < -0.4 is 5.73 Å². The molecular formula is C10H13NO. The zero-order chi connectivity index (χ0) is 8.55. The molecule has 0 saturated carbocycles. The molecule has 0 bridgehead atoms. The van der Waals surface area contributed by atoms with Crippen LogP contribution in [0.2, 0.25) is 0 Å². The van der Waals surface area contributed by atoms with Crippen molar-refractivity contribution >= 4 is 0 Å². The van der Waals surface area contributed by atoms with Crippen molar-refractivity contribution in [3.8, 4) is 0 Å². The Morgan fingerprint density at radius 3 is 2.42 bits per heavy atom. The molecule has 0 radical (unpaired) electrons. The van der Waals surface area contributed by atoms with Crippen LogP contribution in [0.1, 0.15) is 11.1 Å². The summed E-state index contributed by atoms with van der Waals surface area (Å²) in [6.07, 6.45) is 1.15. The minimum absolute atomic E-state index is 0.0834. The molecule has 2 atom stereocenters. The van der Waals surface area contributed by atoms with Gasteiger partial charge < -0.3 is 10.8 Å². The molecule has 0 amide bonds. The fourth-order valence-electron chi connectivity index (χ4n) is 1.72. The zero-order valence-electron chi connectivity index (χ0n) is 6.90. The molecule has 1 aromatic carbocycles. The van der Waals surface area contributed by atoms with Crippen molar-refractivity contribution in [3.63, 3.8) is 0 Å². The number of benzene rings is 1. The summed E-state index contributed by atoms with van der Waals surface area (Å²) in [5.41, 5.74) is 8.27. The molecule has 0 saturated heterocycles. The summed E-state index contributed by atoms with van der Waals surface area (Å²) in [6.45, 7) is 0. The lowest BCUT2D eigenvalue weighted by Crippen LogP contribution is -2.41. The average molecular weight is 163 g/mol. The van der Waals surface area contributed by atoms with Crippen molar-refractivity contribution in [3.05, 3.63) is 35.4 Å². The number of aliphatic hydroxyl groups is 1. The van der Waals surface area contributed by atoms with Gasteiger partial charge in [-0.05, 0) is 17.5 Å². The van der Waals surface area contributed by atoms with Crippen molar-refractivity contribution in [2.75, 3.05) is 0 Å². The molecule has 12 heavy (non-hydrogen) atoms. The lowest BCUT2D eigenvalue weighted by molar-refractivity contribution is 0.137. The van der Waals surface area contributed by atoms with Gasteiger partial charge in [-0.2, -0.15) is 0 Å². The third-order valence-electron chi connectivity index (χ3n) is 2.50. The van der Waals surface area contributed by atoms with Crippen molar-refractivity contribution in [2.24, 2.45) is 5.73 Å². The summed E-state index contributed by atoms with van der Waals surface area (Å²) < 4.78 is 0. The van der Waals surface area contributed by atoms with Crippen LogP contribution in [-0.2, 0) is 12.8 Å². The van der Waals surface area contributed by atoms with Crippen LogP contribution in [0.25, 0.3) is 0 Å². The first-order valence-electron chi connectivity index (χ1n) is 4.28. The number of fused-ring (bicyclic) bond motifs is 1. The van der Waals surface area contributed by atoms with Gasteiger partial charge in [0.2, 0.25) is 0 Å². The highest BCUT2D eigenvalue weighted by Gasteiger charge is 2.22. The van der Waals surface area contributed by atoms with E-state index in [1.54, 1.807) is 0 Å². The smallest absolute Gasteiger partial charge is 0.0734 e. The first kappa shape index (κ1) is 7.77. The van der Waals surface area contributed by atoms with Crippen molar-refractivity contribution < 1.29 is 5.11 Å². The number of rotatable bonds is 0. The van der Waals surface area contributed by atoms with E-state index in [1.807, 2.05) is 12.1 Å². The maximum Gasteiger partial charge on any atom is 0.0734 e. The van der Waals surface area contributed by atoms with E-state index < -0.39 is 0 Å². The van der Waals surface area contributed by atoms with E-state index in [2.05, 4.69) is 12.1 Å². The molecule has 2 heteroatoms. The molecule has 1 aromatic rings. The Bertz CT molecular complexity index is 256. The highest BCUT2D eigenvalue weighted by atomic mass is 16.3. The molecule has 2 nitrogen and oxygen atoms in total. The van der Waals surface area contributed by atoms with Gasteiger partial charge in [0.15, 0.2) is 0 Å². The molecule has 2 rings (SSSR count). The summed E-state index contributed by atoms with van der Waals surface area (Å²) in [4.78, 5) is 0. The number of aliphatic hydroxyl groups excluding tert-OH is 1. The second-order valence-electron chi connectivity index (χ2n) is 3.41. The van der Waals surface area contributed by atoms with Gasteiger partial charge in [-0.25, -0.2) is 0 Å². The average Bonchev–Trinajstić information content (AvgIpc) is 2.07. The Balaban J connectivity index is 2.34. The summed E-state index contributed by atoms with van der Waals surface area (Å²) in [7, 11) is 0. The summed E-state index contributed by atoms with van der Waals surface area (Å²) in [5.74, 6) is 0. The van der Waals surface area contributed by atoms with E-state index >= 15 is 0 Å². The van der Waals surface area contributed by atoms with Crippen LogP contribution in [0.4, 0.5) is 0 Å².